The Labute approximate surface area is 200 Å². The Morgan fingerprint density at radius 3 is 1.56 bits per heavy atom. The van der Waals surface area contributed by atoms with Crippen LogP contribution in [0.25, 0.3) is 0 Å². The first-order valence-electron chi connectivity index (χ1n) is 12.6. The van der Waals surface area contributed by atoms with E-state index in [9.17, 15) is 0 Å². The van der Waals surface area contributed by atoms with Crippen molar-refractivity contribution in [1.82, 2.24) is 9.80 Å². The van der Waals surface area contributed by atoms with Gasteiger partial charge in [-0.1, -0.05) is 77.8 Å². The Kier molecular flexibility index (Phi) is 11.6. The maximum absolute atomic E-state index is 4.31. The van der Waals surface area contributed by atoms with Gasteiger partial charge in [-0.25, -0.2) is 0 Å². The highest BCUT2D eigenvalue weighted by molar-refractivity contribution is 7.61. The standard InChI is InChI=1S/C29H47N2P/c1-24(17-13-21-30-26(3)19-20-27(30)4)15-11-9-8-10-12-16-25(2)18-14-22-31-28(5)23-32(7)29(31)6/h1-6,8-23H2,7H3. The molecular formula is C29H47N2P. The van der Waals surface area contributed by atoms with Crippen LogP contribution < -0.4 is 0 Å². The molecule has 0 aliphatic carbocycles. The van der Waals surface area contributed by atoms with E-state index in [4.69, 9.17) is 0 Å². The van der Waals surface area contributed by atoms with Crippen LogP contribution in [0.1, 0.15) is 83.5 Å². The fraction of sp³-hybridized carbons (Fsp3) is 0.586. The molecule has 0 amide bonds. The van der Waals surface area contributed by atoms with Crippen LogP contribution in [0.2, 0.25) is 0 Å². The minimum atomic E-state index is -0.0709. The van der Waals surface area contributed by atoms with Gasteiger partial charge in [0, 0.05) is 41.8 Å². The van der Waals surface area contributed by atoms with E-state index in [1.165, 1.54) is 91.5 Å². The zero-order valence-electron chi connectivity index (χ0n) is 20.9. The van der Waals surface area contributed by atoms with Gasteiger partial charge in [-0.15, -0.1) is 0 Å². The molecule has 0 saturated carbocycles. The molecule has 178 valence electrons. The van der Waals surface area contributed by atoms with Crippen molar-refractivity contribution in [3.05, 3.63) is 73.1 Å². The van der Waals surface area contributed by atoms with Crippen molar-refractivity contribution in [3.8, 4) is 0 Å². The van der Waals surface area contributed by atoms with E-state index in [-0.39, 0.29) is 7.92 Å². The summed E-state index contributed by atoms with van der Waals surface area (Å²) in [5.41, 5.74) is 7.87. The molecule has 1 atom stereocenters. The van der Waals surface area contributed by atoms with Crippen LogP contribution in [0, 0.1) is 0 Å². The van der Waals surface area contributed by atoms with Crippen LogP contribution >= 0.6 is 7.92 Å². The normalized spacial score (nSPS) is 18.8. The van der Waals surface area contributed by atoms with E-state index >= 15 is 0 Å². The van der Waals surface area contributed by atoms with Crippen molar-refractivity contribution in [2.75, 3.05) is 25.9 Å². The number of allylic oxidation sites excluding steroid dienone is 5. The number of rotatable bonds is 16. The highest BCUT2D eigenvalue weighted by Gasteiger charge is 2.25. The lowest BCUT2D eigenvalue weighted by molar-refractivity contribution is 0.444. The van der Waals surface area contributed by atoms with E-state index in [1.807, 2.05) is 0 Å². The molecule has 2 fully saturated rings. The van der Waals surface area contributed by atoms with Crippen molar-refractivity contribution in [1.29, 1.82) is 0 Å². The van der Waals surface area contributed by atoms with E-state index < -0.39 is 0 Å². The van der Waals surface area contributed by atoms with Gasteiger partial charge < -0.3 is 9.80 Å². The fourth-order valence-electron chi connectivity index (χ4n) is 4.73. The van der Waals surface area contributed by atoms with Gasteiger partial charge in [0.1, 0.15) is 0 Å². The number of nitrogens with zero attached hydrogens (tertiary/aromatic N) is 2. The Bertz CT molecular complexity index is 701. The summed E-state index contributed by atoms with van der Waals surface area (Å²) >= 11 is 0. The summed E-state index contributed by atoms with van der Waals surface area (Å²) in [6.45, 7) is 29.8. The molecule has 0 bridgehead atoms. The lowest BCUT2D eigenvalue weighted by Gasteiger charge is -2.21. The summed E-state index contributed by atoms with van der Waals surface area (Å²) in [6.07, 6.45) is 16.8. The van der Waals surface area contributed by atoms with Crippen LogP contribution in [-0.2, 0) is 0 Å². The average Bonchev–Trinajstić information content (AvgIpc) is 3.19. The summed E-state index contributed by atoms with van der Waals surface area (Å²) in [6, 6.07) is 0. The molecule has 1 unspecified atom stereocenters. The molecule has 2 nitrogen and oxygen atoms in total. The molecule has 0 N–H and O–H groups in total. The third-order valence-electron chi connectivity index (χ3n) is 6.90. The first kappa shape index (κ1) is 26.7. The van der Waals surface area contributed by atoms with Crippen LogP contribution in [0.4, 0.5) is 0 Å². The first-order chi connectivity index (χ1) is 15.3. The van der Waals surface area contributed by atoms with Crippen LogP contribution in [0.5, 0.6) is 0 Å². The molecule has 2 heterocycles. The first-order valence-corrected chi connectivity index (χ1v) is 14.6. The molecule has 0 spiro atoms. The van der Waals surface area contributed by atoms with Gasteiger partial charge in [0.25, 0.3) is 0 Å². The Morgan fingerprint density at radius 1 is 0.656 bits per heavy atom. The average molecular weight is 455 g/mol. The largest absolute Gasteiger partial charge is 0.350 e. The quantitative estimate of drug-likeness (QED) is 0.130. The zero-order valence-corrected chi connectivity index (χ0v) is 21.8. The van der Waals surface area contributed by atoms with E-state index in [0.29, 0.717) is 0 Å². The summed E-state index contributed by atoms with van der Waals surface area (Å²) in [5.74, 6) is 0. The topological polar surface area (TPSA) is 6.48 Å². The maximum Gasteiger partial charge on any atom is 0.0340 e. The van der Waals surface area contributed by atoms with Crippen molar-refractivity contribution in [3.63, 3.8) is 0 Å². The van der Waals surface area contributed by atoms with Gasteiger partial charge in [-0.3, -0.25) is 0 Å². The lowest BCUT2D eigenvalue weighted by Crippen LogP contribution is -2.16. The SMILES string of the molecule is C=C(CCCCCCCC(=C)CCCN1C(=C)CP(C)C1=C)CCCN1C(=C)CCC1=C. The van der Waals surface area contributed by atoms with Gasteiger partial charge in [-0.05, 0) is 70.9 Å². The molecule has 2 aliphatic heterocycles. The number of likely N-dealkylation sites (tertiary alicyclic amines) is 1. The summed E-state index contributed by atoms with van der Waals surface area (Å²) < 4.78 is 0. The lowest BCUT2D eigenvalue weighted by atomic mass is 10.0. The monoisotopic (exact) mass is 454 g/mol. The Balaban J connectivity index is 1.40. The molecule has 0 radical (unpaired) electrons. The minimum absolute atomic E-state index is 0.0709. The van der Waals surface area contributed by atoms with Gasteiger partial charge >= 0.3 is 0 Å². The minimum Gasteiger partial charge on any atom is -0.350 e. The van der Waals surface area contributed by atoms with Gasteiger partial charge in [0.05, 0.1) is 0 Å². The third kappa shape index (κ3) is 8.78. The molecule has 0 aromatic rings. The van der Waals surface area contributed by atoms with Crippen molar-refractivity contribution >= 4 is 7.92 Å². The third-order valence-corrected chi connectivity index (χ3v) is 8.87. The molecule has 0 aromatic heterocycles. The van der Waals surface area contributed by atoms with Gasteiger partial charge in [0.15, 0.2) is 0 Å². The molecule has 2 rings (SSSR count). The second-order valence-corrected chi connectivity index (χ2v) is 12.0. The van der Waals surface area contributed by atoms with Crippen molar-refractivity contribution < 1.29 is 0 Å². The van der Waals surface area contributed by atoms with E-state index in [1.54, 1.807) is 0 Å². The second kappa shape index (κ2) is 13.9. The highest BCUT2D eigenvalue weighted by atomic mass is 31.1. The van der Waals surface area contributed by atoms with Gasteiger partial charge in [-0.2, -0.15) is 0 Å². The predicted octanol–water partition coefficient (Wildman–Crippen LogP) is 8.93. The summed E-state index contributed by atoms with van der Waals surface area (Å²) in [4.78, 5) is 4.66. The van der Waals surface area contributed by atoms with Crippen LogP contribution in [0.15, 0.2) is 73.1 Å². The summed E-state index contributed by atoms with van der Waals surface area (Å²) in [5, 5.41) is 0. The number of hydrogen-bond donors (Lipinski definition) is 0. The maximum atomic E-state index is 4.31. The number of hydrogen-bond acceptors (Lipinski definition) is 2. The van der Waals surface area contributed by atoms with E-state index in [0.717, 1.165) is 44.9 Å². The molecule has 2 aliphatic rings. The number of unbranched alkanes of at least 4 members (excludes halogenated alkanes) is 4. The summed E-state index contributed by atoms with van der Waals surface area (Å²) in [7, 11) is -0.0709. The molecular weight excluding hydrogens is 407 g/mol. The smallest absolute Gasteiger partial charge is 0.0340 e. The zero-order chi connectivity index (χ0) is 23.5. The second-order valence-electron chi connectivity index (χ2n) is 9.75. The Morgan fingerprint density at radius 2 is 1.09 bits per heavy atom. The van der Waals surface area contributed by atoms with Crippen molar-refractivity contribution in [2.45, 2.75) is 83.5 Å². The van der Waals surface area contributed by atoms with Gasteiger partial charge in [0.2, 0.25) is 0 Å². The molecule has 2 saturated heterocycles. The molecule has 0 aromatic carbocycles. The fourth-order valence-corrected chi connectivity index (χ4v) is 6.28. The van der Waals surface area contributed by atoms with E-state index in [2.05, 4.69) is 55.9 Å². The van der Waals surface area contributed by atoms with Crippen molar-refractivity contribution in [2.24, 2.45) is 0 Å². The Hall–Kier alpha value is -1.53. The highest BCUT2D eigenvalue weighted by Crippen LogP contribution is 2.50. The molecule has 32 heavy (non-hydrogen) atoms. The predicted molar refractivity (Wildman–Crippen MR) is 146 cm³/mol. The van der Waals surface area contributed by atoms with Crippen LogP contribution in [-0.4, -0.2) is 35.7 Å². The molecule has 3 heteroatoms. The van der Waals surface area contributed by atoms with Crippen LogP contribution in [0.3, 0.4) is 0 Å².